The lowest BCUT2D eigenvalue weighted by atomic mass is 10.0. The first-order chi connectivity index (χ1) is 18.1. The summed E-state index contributed by atoms with van der Waals surface area (Å²) in [7, 11) is 3.94. The highest BCUT2D eigenvalue weighted by molar-refractivity contribution is 5.84. The van der Waals surface area contributed by atoms with Crippen molar-refractivity contribution in [2.45, 2.75) is 12.8 Å². The normalized spacial score (nSPS) is 11.2. The van der Waals surface area contributed by atoms with E-state index in [0.29, 0.717) is 0 Å². The molecule has 0 atom stereocenters. The topological polar surface area (TPSA) is 42.8 Å². The second-order valence-electron chi connectivity index (χ2n) is 9.42. The quantitative estimate of drug-likeness (QED) is 0.297. The van der Waals surface area contributed by atoms with E-state index in [2.05, 4.69) is 85.2 Å². The SMILES string of the molecule is C[n+]1cc2ccccc2c(Cc2ccc(Oc3ccc(Cc4n[n+](C)cc5ccccc45)cc3)cc2)n1. The number of nitrogens with zero attached hydrogens (tertiary/aromatic N) is 4. The number of benzene rings is 4. The molecule has 0 N–H and O–H groups in total. The highest BCUT2D eigenvalue weighted by atomic mass is 16.5. The van der Waals surface area contributed by atoms with Gasteiger partial charge < -0.3 is 4.74 Å². The lowest BCUT2D eigenvalue weighted by Gasteiger charge is -2.09. The number of aryl methyl sites for hydroxylation is 2. The number of hydrogen-bond donors (Lipinski definition) is 0. The lowest BCUT2D eigenvalue weighted by molar-refractivity contribution is -0.730. The summed E-state index contributed by atoms with van der Waals surface area (Å²) in [6.45, 7) is 0. The minimum absolute atomic E-state index is 0.768. The summed E-state index contributed by atoms with van der Waals surface area (Å²) in [5.41, 5.74) is 4.53. The molecule has 0 bridgehead atoms. The van der Waals surface area contributed by atoms with Crippen LogP contribution < -0.4 is 14.1 Å². The summed E-state index contributed by atoms with van der Waals surface area (Å²) >= 11 is 0. The summed E-state index contributed by atoms with van der Waals surface area (Å²) in [4.78, 5) is 0. The van der Waals surface area contributed by atoms with Crippen molar-refractivity contribution >= 4 is 21.5 Å². The molecule has 0 spiro atoms. The van der Waals surface area contributed by atoms with Gasteiger partial charge in [-0.15, -0.1) is 0 Å². The van der Waals surface area contributed by atoms with Crippen molar-refractivity contribution in [2.24, 2.45) is 14.1 Å². The molecule has 0 unspecified atom stereocenters. The second-order valence-corrected chi connectivity index (χ2v) is 9.42. The molecule has 0 saturated carbocycles. The molecule has 6 rings (SSSR count). The van der Waals surface area contributed by atoms with Gasteiger partial charge in [0.2, 0.25) is 12.4 Å². The fourth-order valence-electron chi connectivity index (χ4n) is 4.83. The van der Waals surface area contributed by atoms with Crippen molar-refractivity contribution in [1.29, 1.82) is 0 Å². The first-order valence-corrected chi connectivity index (χ1v) is 12.5. The third-order valence-corrected chi connectivity index (χ3v) is 6.58. The van der Waals surface area contributed by atoms with Gasteiger partial charge >= 0.3 is 0 Å². The van der Waals surface area contributed by atoms with Crippen LogP contribution in [0.5, 0.6) is 11.5 Å². The third kappa shape index (κ3) is 5.02. The molecular formula is C32H28N4O+2. The maximum absolute atomic E-state index is 6.13. The Morgan fingerprint density at radius 3 is 1.38 bits per heavy atom. The lowest BCUT2D eigenvalue weighted by Crippen LogP contribution is -2.33. The summed E-state index contributed by atoms with van der Waals surface area (Å²) in [5, 5.41) is 14.2. The largest absolute Gasteiger partial charge is 0.457 e. The zero-order valence-electron chi connectivity index (χ0n) is 21.0. The van der Waals surface area contributed by atoms with E-state index in [1.165, 1.54) is 32.7 Å². The van der Waals surface area contributed by atoms with Gasteiger partial charge in [-0.2, -0.15) is 0 Å². The van der Waals surface area contributed by atoms with E-state index in [9.17, 15) is 0 Å². The van der Waals surface area contributed by atoms with Crippen LogP contribution in [0.4, 0.5) is 0 Å². The van der Waals surface area contributed by atoms with Crippen LogP contribution in [0.1, 0.15) is 22.5 Å². The first-order valence-electron chi connectivity index (χ1n) is 12.5. The smallest absolute Gasteiger partial charge is 0.203 e. The van der Waals surface area contributed by atoms with Crippen LogP contribution in [0.15, 0.2) is 109 Å². The number of fused-ring (bicyclic) bond motifs is 2. The Bertz CT molecular complexity index is 1580. The maximum Gasteiger partial charge on any atom is 0.203 e. The van der Waals surface area contributed by atoms with Gasteiger partial charge in [0, 0.05) is 34.4 Å². The Morgan fingerprint density at radius 2 is 0.946 bits per heavy atom. The van der Waals surface area contributed by atoms with Crippen LogP contribution in [-0.2, 0) is 26.9 Å². The predicted octanol–water partition coefficient (Wildman–Crippen LogP) is 5.41. The second kappa shape index (κ2) is 9.78. The van der Waals surface area contributed by atoms with Gasteiger partial charge in [0.25, 0.3) is 0 Å². The number of hydrogen-bond acceptors (Lipinski definition) is 3. The standard InChI is InChI=1S/C32H28N4O/c1-35-21-25-7-3-5-9-29(25)31(33-35)19-23-11-15-27(16-12-23)37-28-17-13-24(14-18-28)20-32-30-10-6-4-8-26(30)22-36(2)34-32/h3-18,21-22H,19-20H2,1-2H3/q+2. The summed E-state index contributed by atoms with van der Waals surface area (Å²) in [5.74, 6) is 1.63. The van der Waals surface area contributed by atoms with Gasteiger partial charge in [0.05, 0.1) is 0 Å². The third-order valence-electron chi connectivity index (χ3n) is 6.58. The average Bonchev–Trinajstić information content (AvgIpc) is 2.91. The number of ether oxygens (including phenoxy) is 1. The van der Waals surface area contributed by atoms with Crippen LogP contribution >= 0.6 is 0 Å². The highest BCUT2D eigenvalue weighted by Gasteiger charge is 2.12. The molecule has 0 aliphatic heterocycles. The molecular weight excluding hydrogens is 456 g/mol. The fourth-order valence-corrected chi connectivity index (χ4v) is 4.83. The molecule has 2 heterocycles. The molecule has 5 nitrogen and oxygen atoms in total. The van der Waals surface area contributed by atoms with Gasteiger partial charge in [0.15, 0.2) is 14.1 Å². The Kier molecular flexibility index (Phi) is 6.03. The van der Waals surface area contributed by atoms with E-state index in [-0.39, 0.29) is 0 Å². The van der Waals surface area contributed by atoms with E-state index in [0.717, 1.165) is 35.7 Å². The van der Waals surface area contributed by atoms with E-state index in [4.69, 9.17) is 14.9 Å². The molecule has 0 aliphatic carbocycles. The van der Waals surface area contributed by atoms with Gasteiger partial charge in [-0.05, 0) is 57.7 Å². The molecule has 2 aromatic heterocycles. The Hall–Kier alpha value is -4.64. The van der Waals surface area contributed by atoms with Gasteiger partial charge in [0.1, 0.15) is 22.9 Å². The molecule has 0 fully saturated rings. The highest BCUT2D eigenvalue weighted by Crippen LogP contribution is 2.25. The number of aromatic nitrogens is 4. The molecule has 4 aromatic carbocycles. The Labute approximate surface area is 216 Å². The molecule has 0 radical (unpaired) electrons. The average molecular weight is 485 g/mol. The van der Waals surface area contributed by atoms with Crippen molar-refractivity contribution in [3.8, 4) is 11.5 Å². The number of rotatable bonds is 6. The van der Waals surface area contributed by atoms with Crippen LogP contribution in [0.2, 0.25) is 0 Å². The van der Waals surface area contributed by atoms with E-state index >= 15 is 0 Å². The Morgan fingerprint density at radius 1 is 0.541 bits per heavy atom. The molecule has 6 aromatic rings. The van der Waals surface area contributed by atoms with Crippen molar-refractivity contribution in [1.82, 2.24) is 10.2 Å². The maximum atomic E-state index is 6.13. The fraction of sp³-hybridized carbons (Fsp3) is 0.125. The van der Waals surface area contributed by atoms with Crippen molar-refractivity contribution in [2.75, 3.05) is 0 Å². The van der Waals surface area contributed by atoms with Crippen LogP contribution in [0.3, 0.4) is 0 Å². The van der Waals surface area contributed by atoms with Crippen molar-refractivity contribution in [3.05, 3.63) is 132 Å². The van der Waals surface area contributed by atoms with Gasteiger partial charge in [-0.25, -0.2) is 0 Å². The summed E-state index contributed by atoms with van der Waals surface area (Å²) < 4.78 is 9.90. The summed E-state index contributed by atoms with van der Waals surface area (Å²) in [6.07, 6.45) is 5.65. The van der Waals surface area contributed by atoms with E-state index in [1.807, 2.05) is 47.7 Å². The molecule has 0 amide bonds. The minimum atomic E-state index is 0.768. The molecule has 0 saturated heterocycles. The van der Waals surface area contributed by atoms with Gasteiger partial charge in [-0.1, -0.05) is 70.0 Å². The van der Waals surface area contributed by atoms with E-state index in [1.54, 1.807) is 0 Å². The van der Waals surface area contributed by atoms with Gasteiger partial charge in [-0.3, -0.25) is 0 Å². The Balaban J connectivity index is 1.15. The molecule has 5 heteroatoms. The van der Waals surface area contributed by atoms with Crippen molar-refractivity contribution in [3.63, 3.8) is 0 Å². The van der Waals surface area contributed by atoms with Crippen LogP contribution in [0.25, 0.3) is 21.5 Å². The zero-order valence-corrected chi connectivity index (χ0v) is 21.0. The first kappa shape index (κ1) is 22.8. The monoisotopic (exact) mass is 484 g/mol. The molecule has 180 valence electrons. The molecule has 0 aliphatic rings. The minimum Gasteiger partial charge on any atom is -0.457 e. The van der Waals surface area contributed by atoms with Crippen LogP contribution in [-0.4, -0.2) is 10.2 Å². The zero-order chi connectivity index (χ0) is 25.2. The van der Waals surface area contributed by atoms with E-state index < -0.39 is 0 Å². The van der Waals surface area contributed by atoms with Crippen molar-refractivity contribution < 1.29 is 14.1 Å². The summed E-state index contributed by atoms with van der Waals surface area (Å²) in [6, 6.07) is 33.3. The van der Waals surface area contributed by atoms with Crippen LogP contribution in [0, 0.1) is 0 Å². The molecule has 37 heavy (non-hydrogen) atoms. The predicted molar refractivity (Wildman–Crippen MR) is 144 cm³/mol.